The number of nitrogens with zero attached hydrogens (tertiary/aromatic N) is 3. The van der Waals surface area contributed by atoms with Crippen LogP contribution in [0.15, 0.2) is 12.1 Å². The van der Waals surface area contributed by atoms with Crippen LogP contribution >= 0.6 is 11.6 Å². The van der Waals surface area contributed by atoms with Crippen LogP contribution in [-0.4, -0.2) is 78.7 Å². The Morgan fingerprint density at radius 3 is 2.51 bits per heavy atom. The second kappa shape index (κ2) is 12.5. The smallest absolute Gasteiger partial charge is 0.410 e. The molecular formula is C30H46ClN3O5. The maximum absolute atomic E-state index is 14.1. The van der Waals surface area contributed by atoms with E-state index in [0.717, 1.165) is 36.9 Å². The minimum Gasteiger partial charge on any atom is -0.444 e. The van der Waals surface area contributed by atoms with Crippen molar-refractivity contribution in [2.45, 2.75) is 98.3 Å². The molecule has 0 unspecified atom stereocenters. The zero-order chi connectivity index (χ0) is 29.1. The Balaban J connectivity index is 1.91. The van der Waals surface area contributed by atoms with Crippen molar-refractivity contribution >= 4 is 35.2 Å². The molecule has 1 aromatic rings. The lowest BCUT2D eigenvalue weighted by Gasteiger charge is -2.42. The monoisotopic (exact) mass is 563 g/mol. The van der Waals surface area contributed by atoms with E-state index in [9.17, 15) is 14.4 Å². The lowest BCUT2D eigenvalue weighted by molar-refractivity contribution is -0.127. The predicted octanol–water partition coefficient (Wildman–Crippen LogP) is 5.93. The molecule has 0 aromatic heterocycles. The maximum atomic E-state index is 14.1. The van der Waals surface area contributed by atoms with Gasteiger partial charge in [-0.05, 0) is 84.4 Å². The summed E-state index contributed by atoms with van der Waals surface area (Å²) in [6.07, 6.45) is 3.39. The fourth-order valence-corrected chi connectivity index (χ4v) is 5.83. The van der Waals surface area contributed by atoms with Gasteiger partial charge < -0.3 is 24.2 Å². The summed E-state index contributed by atoms with van der Waals surface area (Å²) in [4.78, 5) is 45.7. The number of unbranched alkanes of at least 4 members (excludes halogenated alkanes) is 1. The topological polar surface area (TPSA) is 79.4 Å². The third-order valence-corrected chi connectivity index (χ3v) is 7.67. The molecule has 3 rings (SSSR count). The number of halogens is 1. The second-order valence-corrected chi connectivity index (χ2v) is 13.1. The van der Waals surface area contributed by atoms with Crippen molar-refractivity contribution in [3.05, 3.63) is 28.3 Å². The highest BCUT2D eigenvalue weighted by Gasteiger charge is 2.40. The Morgan fingerprint density at radius 1 is 1.21 bits per heavy atom. The number of benzene rings is 1. The molecule has 218 valence electrons. The number of hydrogen-bond donors (Lipinski definition) is 0. The Labute approximate surface area is 238 Å². The standard InChI is InChI=1S/C30H46ClN3O5/c1-20(2)34(22-12-11-13-32(19-22)28(37)39-29(3,4)5)26(35)23-17-25-21(16-24(23)31)18-30(6,7)27(36)33(25)14-9-10-15-38-8/h16-17,20,22H,9-15,18-19H2,1-8H3/t22-/m1/s1. The van der Waals surface area contributed by atoms with Crippen LogP contribution in [0.4, 0.5) is 10.5 Å². The summed E-state index contributed by atoms with van der Waals surface area (Å²) >= 11 is 6.77. The molecule has 0 spiro atoms. The number of hydrogen-bond acceptors (Lipinski definition) is 5. The van der Waals surface area contributed by atoms with Gasteiger partial charge in [-0.15, -0.1) is 0 Å². The summed E-state index contributed by atoms with van der Waals surface area (Å²) in [7, 11) is 1.67. The molecule has 0 aliphatic carbocycles. The number of likely N-dealkylation sites (tertiary alicyclic amines) is 1. The molecule has 1 atom stereocenters. The van der Waals surface area contributed by atoms with Crippen LogP contribution in [0, 0.1) is 5.41 Å². The van der Waals surface area contributed by atoms with E-state index in [-0.39, 0.29) is 30.0 Å². The molecule has 1 fully saturated rings. The van der Waals surface area contributed by atoms with Gasteiger partial charge in [-0.2, -0.15) is 0 Å². The number of amides is 3. The van der Waals surface area contributed by atoms with Crippen LogP contribution in [-0.2, 0) is 20.7 Å². The van der Waals surface area contributed by atoms with Crippen molar-refractivity contribution in [1.82, 2.24) is 9.80 Å². The first kappa shape index (κ1) is 31.2. The van der Waals surface area contributed by atoms with Crippen molar-refractivity contribution in [1.29, 1.82) is 0 Å². The van der Waals surface area contributed by atoms with E-state index in [1.807, 2.05) is 64.3 Å². The highest BCUT2D eigenvalue weighted by atomic mass is 35.5. The summed E-state index contributed by atoms with van der Waals surface area (Å²) < 4.78 is 10.8. The maximum Gasteiger partial charge on any atom is 0.410 e. The van der Waals surface area contributed by atoms with E-state index >= 15 is 0 Å². The molecule has 1 saturated heterocycles. The first-order valence-electron chi connectivity index (χ1n) is 14.1. The molecule has 2 aliphatic rings. The number of methoxy groups -OCH3 is 1. The van der Waals surface area contributed by atoms with Gasteiger partial charge in [0.05, 0.1) is 16.6 Å². The third kappa shape index (κ3) is 7.46. The number of carbonyl (C=O) groups excluding carboxylic acids is 3. The average Bonchev–Trinajstić information content (AvgIpc) is 2.82. The Bertz CT molecular complexity index is 1070. The number of anilines is 1. The number of piperidine rings is 1. The highest BCUT2D eigenvalue weighted by Crippen LogP contribution is 2.40. The third-order valence-electron chi connectivity index (χ3n) is 7.36. The fourth-order valence-electron chi connectivity index (χ4n) is 5.56. The van der Waals surface area contributed by atoms with E-state index < -0.39 is 11.0 Å². The second-order valence-electron chi connectivity index (χ2n) is 12.7. The summed E-state index contributed by atoms with van der Waals surface area (Å²) in [5.41, 5.74) is 0.966. The Kier molecular flexibility index (Phi) is 9.97. The van der Waals surface area contributed by atoms with Crippen LogP contribution in [0.25, 0.3) is 0 Å². The van der Waals surface area contributed by atoms with Crippen LogP contribution in [0.2, 0.25) is 5.02 Å². The summed E-state index contributed by atoms with van der Waals surface area (Å²) in [6, 6.07) is 3.37. The van der Waals surface area contributed by atoms with Gasteiger partial charge in [-0.1, -0.05) is 25.4 Å². The van der Waals surface area contributed by atoms with Gasteiger partial charge in [0.1, 0.15) is 5.60 Å². The summed E-state index contributed by atoms with van der Waals surface area (Å²) in [5.74, 6) is -0.139. The Morgan fingerprint density at radius 2 is 1.90 bits per heavy atom. The Hall–Kier alpha value is -2.32. The summed E-state index contributed by atoms with van der Waals surface area (Å²) in [5, 5.41) is 0.383. The van der Waals surface area contributed by atoms with Crippen molar-refractivity contribution < 1.29 is 23.9 Å². The molecule has 9 heteroatoms. The first-order chi connectivity index (χ1) is 18.2. The van der Waals surface area contributed by atoms with Crippen LogP contribution in [0.5, 0.6) is 0 Å². The number of ether oxygens (including phenoxy) is 2. The number of carbonyl (C=O) groups is 3. The van der Waals surface area contributed by atoms with Gasteiger partial charge in [0.25, 0.3) is 5.91 Å². The van der Waals surface area contributed by atoms with Gasteiger partial charge in [-0.3, -0.25) is 9.59 Å². The zero-order valence-corrected chi connectivity index (χ0v) is 25.7. The molecule has 0 saturated carbocycles. The highest BCUT2D eigenvalue weighted by molar-refractivity contribution is 6.34. The van der Waals surface area contributed by atoms with E-state index in [2.05, 4.69) is 0 Å². The number of rotatable bonds is 8. The molecule has 0 bridgehead atoms. The molecule has 3 amide bonds. The molecule has 1 aromatic carbocycles. The van der Waals surface area contributed by atoms with Crippen molar-refractivity contribution in [2.75, 3.05) is 38.3 Å². The SMILES string of the molecule is COCCCCN1C(=O)C(C)(C)Cc2cc(Cl)c(C(=O)N(C(C)C)[C@@H]3CCCN(C(=O)OC(C)(C)C)C3)cc21. The molecule has 39 heavy (non-hydrogen) atoms. The molecule has 0 radical (unpaired) electrons. The molecule has 2 heterocycles. The molecule has 8 nitrogen and oxygen atoms in total. The van der Waals surface area contributed by atoms with E-state index in [1.165, 1.54) is 0 Å². The quantitative estimate of drug-likeness (QED) is 0.366. The fraction of sp³-hybridized carbons (Fsp3) is 0.700. The van der Waals surface area contributed by atoms with Crippen molar-refractivity contribution in [2.24, 2.45) is 5.41 Å². The van der Waals surface area contributed by atoms with Crippen LogP contribution in [0.3, 0.4) is 0 Å². The first-order valence-corrected chi connectivity index (χ1v) is 14.5. The van der Waals surface area contributed by atoms with Crippen LogP contribution in [0.1, 0.15) is 90.1 Å². The van der Waals surface area contributed by atoms with Gasteiger partial charge >= 0.3 is 6.09 Å². The van der Waals surface area contributed by atoms with E-state index in [1.54, 1.807) is 18.1 Å². The molecule has 2 aliphatic heterocycles. The van der Waals surface area contributed by atoms with Gasteiger partial charge in [0, 0.05) is 50.5 Å². The van der Waals surface area contributed by atoms with Gasteiger partial charge in [0.2, 0.25) is 5.91 Å². The predicted molar refractivity (Wildman–Crippen MR) is 155 cm³/mol. The molecule has 0 N–H and O–H groups in total. The lowest BCUT2D eigenvalue weighted by Crippen LogP contribution is -2.54. The van der Waals surface area contributed by atoms with Gasteiger partial charge in [-0.25, -0.2) is 4.79 Å². The zero-order valence-electron chi connectivity index (χ0n) is 24.9. The average molecular weight is 564 g/mol. The summed E-state index contributed by atoms with van der Waals surface area (Å²) in [6.45, 7) is 15.6. The minimum atomic E-state index is -0.588. The van der Waals surface area contributed by atoms with Crippen LogP contribution < -0.4 is 4.90 Å². The van der Waals surface area contributed by atoms with Gasteiger partial charge in [0.15, 0.2) is 0 Å². The van der Waals surface area contributed by atoms with Crippen molar-refractivity contribution in [3.63, 3.8) is 0 Å². The normalized spacial score (nSPS) is 19.2. The number of fused-ring (bicyclic) bond motifs is 1. The largest absolute Gasteiger partial charge is 0.444 e. The lowest BCUT2D eigenvalue weighted by atomic mass is 9.79. The molecular weight excluding hydrogens is 518 g/mol. The van der Waals surface area contributed by atoms with E-state index in [0.29, 0.717) is 43.2 Å². The minimum absolute atomic E-state index is 0.0501. The van der Waals surface area contributed by atoms with Crippen molar-refractivity contribution in [3.8, 4) is 0 Å². The van der Waals surface area contributed by atoms with E-state index in [4.69, 9.17) is 21.1 Å².